The molecule has 0 aliphatic rings. The highest BCUT2D eigenvalue weighted by Crippen LogP contribution is 2.25. The van der Waals surface area contributed by atoms with Crippen molar-refractivity contribution in [2.75, 3.05) is 6.54 Å². The van der Waals surface area contributed by atoms with E-state index in [1.165, 1.54) is 11.2 Å². The molecule has 17 heavy (non-hydrogen) atoms. The Labute approximate surface area is 105 Å². The zero-order chi connectivity index (χ0) is 12.1. The highest BCUT2D eigenvalue weighted by molar-refractivity contribution is 7.10. The van der Waals surface area contributed by atoms with Crippen LogP contribution in [0.5, 0.6) is 0 Å². The van der Waals surface area contributed by atoms with E-state index in [-0.39, 0.29) is 0 Å². The van der Waals surface area contributed by atoms with Gasteiger partial charge in [-0.05, 0) is 17.4 Å². The Balaban J connectivity index is 1.86. The largest absolute Gasteiger partial charge is 0.340 e. The van der Waals surface area contributed by atoms with Gasteiger partial charge in [-0.15, -0.1) is 11.3 Å². The number of thiophene rings is 1. The Morgan fingerprint density at radius 3 is 2.94 bits per heavy atom. The Bertz CT molecular complexity index is 411. The third-order valence-electron chi connectivity index (χ3n) is 2.63. The van der Waals surface area contributed by atoms with E-state index in [1.807, 2.05) is 0 Å². The van der Waals surface area contributed by atoms with E-state index in [0.717, 1.165) is 13.0 Å². The quantitative estimate of drug-likeness (QED) is 0.857. The molecule has 2 rings (SSSR count). The van der Waals surface area contributed by atoms with Crippen molar-refractivity contribution in [2.45, 2.75) is 26.3 Å². The second kappa shape index (κ2) is 5.93. The van der Waals surface area contributed by atoms with E-state index in [1.54, 1.807) is 11.3 Å². The zero-order valence-corrected chi connectivity index (χ0v) is 10.9. The first-order valence-corrected chi connectivity index (χ1v) is 6.67. The first-order chi connectivity index (χ1) is 8.27. The first-order valence-electron chi connectivity index (χ1n) is 5.79. The molecule has 4 nitrogen and oxygen atoms in total. The second-order valence-electron chi connectivity index (χ2n) is 4.28. The van der Waals surface area contributed by atoms with Gasteiger partial charge in [0.1, 0.15) is 0 Å². The van der Waals surface area contributed by atoms with Crippen LogP contribution in [-0.4, -0.2) is 16.7 Å². The molecule has 2 aromatic rings. The van der Waals surface area contributed by atoms with Gasteiger partial charge in [-0.1, -0.05) is 25.1 Å². The molecule has 5 heteroatoms. The molecular weight excluding hydrogens is 234 g/mol. The number of nitrogens with zero attached hydrogens (tertiary/aromatic N) is 2. The van der Waals surface area contributed by atoms with E-state index in [2.05, 4.69) is 46.8 Å². The zero-order valence-electron chi connectivity index (χ0n) is 10.1. The molecule has 0 saturated heterocycles. The SMILES string of the molecule is CC(C)C(NCCc1ncno1)c1cccs1. The summed E-state index contributed by atoms with van der Waals surface area (Å²) >= 11 is 1.79. The summed E-state index contributed by atoms with van der Waals surface area (Å²) in [4.78, 5) is 5.39. The highest BCUT2D eigenvalue weighted by Gasteiger charge is 2.16. The van der Waals surface area contributed by atoms with Crippen molar-refractivity contribution in [1.29, 1.82) is 0 Å². The van der Waals surface area contributed by atoms with Crippen LogP contribution in [0.4, 0.5) is 0 Å². The van der Waals surface area contributed by atoms with E-state index in [9.17, 15) is 0 Å². The van der Waals surface area contributed by atoms with Gasteiger partial charge < -0.3 is 9.84 Å². The van der Waals surface area contributed by atoms with Gasteiger partial charge in [0.05, 0.1) is 0 Å². The van der Waals surface area contributed by atoms with Gasteiger partial charge in [-0.2, -0.15) is 4.98 Å². The molecular formula is C12H17N3OS. The molecule has 1 unspecified atom stereocenters. The third-order valence-corrected chi connectivity index (χ3v) is 3.58. The summed E-state index contributed by atoms with van der Waals surface area (Å²) < 4.78 is 4.97. The average Bonchev–Trinajstić information content (AvgIpc) is 2.96. The van der Waals surface area contributed by atoms with Crippen LogP contribution in [-0.2, 0) is 6.42 Å². The van der Waals surface area contributed by atoms with Gasteiger partial charge in [-0.25, -0.2) is 0 Å². The fourth-order valence-electron chi connectivity index (χ4n) is 1.77. The minimum Gasteiger partial charge on any atom is -0.340 e. The standard InChI is InChI=1S/C12H17N3OS/c1-9(2)12(10-4-3-7-17-10)13-6-5-11-14-8-15-16-11/h3-4,7-9,12-13H,5-6H2,1-2H3. The smallest absolute Gasteiger partial charge is 0.227 e. The van der Waals surface area contributed by atoms with E-state index >= 15 is 0 Å². The average molecular weight is 251 g/mol. The topological polar surface area (TPSA) is 51.0 Å². The van der Waals surface area contributed by atoms with Crippen molar-refractivity contribution in [3.8, 4) is 0 Å². The van der Waals surface area contributed by atoms with Crippen LogP contribution in [0.25, 0.3) is 0 Å². The van der Waals surface area contributed by atoms with Crippen LogP contribution in [0.1, 0.15) is 30.7 Å². The van der Waals surface area contributed by atoms with Crippen LogP contribution < -0.4 is 5.32 Å². The Kier molecular flexibility index (Phi) is 4.28. The lowest BCUT2D eigenvalue weighted by atomic mass is 10.0. The predicted octanol–water partition coefficient (Wildman–Crippen LogP) is 2.66. The summed E-state index contributed by atoms with van der Waals surface area (Å²) in [5, 5.41) is 9.25. The molecule has 2 aromatic heterocycles. The lowest BCUT2D eigenvalue weighted by Crippen LogP contribution is -2.27. The van der Waals surface area contributed by atoms with Crippen molar-refractivity contribution in [3.05, 3.63) is 34.6 Å². The molecule has 0 aliphatic carbocycles. The lowest BCUT2D eigenvalue weighted by molar-refractivity contribution is 0.362. The van der Waals surface area contributed by atoms with Gasteiger partial charge in [0.25, 0.3) is 0 Å². The maximum atomic E-state index is 4.97. The molecule has 0 saturated carbocycles. The minimum atomic E-state index is 0.401. The maximum Gasteiger partial charge on any atom is 0.227 e. The number of aromatic nitrogens is 2. The van der Waals surface area contributed by atoms with E-state index in [0.29, 0.717) is 17.9 Å². The Hall–Kier alpha value is -1.20. The molecule has 0 aliphatic heterocycles. The number of nitrogens with one attached hydrogen (secondary N) is 1. The van der Waals surface area contributed by atoms with Crippen LogP contribution in [0.2, 0.25) is 0 Å². The summed E-state index contributed by atoms with van der Waals surface area (Å²) in [7, 11) is 0. The first kappa shape index (κ1) is 12.3. The summed E-state index contributed by atoms with van der Waals surface area (Å²) in [5.74, 6) is 1.25. The molecule has 0 radical (unpaired) electrons. The molecule has 1 N–H and O–H groups in total. The van der Waals surface area contributed by atoms with Crippen molar-refractivity contribution in [3.63, 3.8) is 0 Å². The summed E-state index contributed by atoms with van der Waals surface area (Å²) in [6.07, 6.45) is 2.21. The van der Waals surface area contributed by atoms with Crippen LogP contribution in [0.15, 0.2) is 28.4 Å². The number of hydrogen-bond acceptors (Lipinski definition) is 5. The Morgan fingerprint density at radius 2 is 2.35 bits per heavy atom. The monoisotopic (exact) mass is 251 g/mol. The molecule has 0 fully saturated rings. The van der Waals surface area contributed by atoms with E-state index < -0.39 is 0 Å². The molecule has 0 spiro atoms. The van der Waals surface area contributed by atoms with Gasteiger partial charge in [-0.3, -0.25) is 0 Å². The maximum absolute atomic E-state index is 4.97. The molecule has 1 atom stereocenters. The molecule has 92 valence electrons. The fraction of sp³-hybridized carbons (Fsp3) is 0.500. The molecule has 0 amide bonds. The molecule has 0 aromatic carbocycles. The van der Waals surface area contributed by atoms with Crippen molar-refractivity contribution in [1.82, 2.24) is 15.5 Å². The normalized spacial score (nSPS) is 13.1. The van der Waals surface area contributed by atoms with E-state index in [4.69, 9.17) is 4.52 Å². The van der Waals surface area contributed by atoms with Crippen LogP contribution >= 0.6 is 11.3 Å². The van der Waals surface area contributed by atoms with Gasteiger partial charge in [0.15, 0.2) is 6.33 Å². The fourth-order valence-corrected chi connectivity index (χ4v) is 2.75. The number of hydrogen-bond donors (Lipinski definition) is 1. The van der Waals surface area contributed by atoms with Crippen molar-refractivity contribution in [2.24, 2.45) is 5.92 Å². The third kappa shape index (κ3) is 3.38. The van der Waals surface area contributed by atoms with Gasteiger partial charge >= 0.3 is 0 Å². The summed E-state index contributed by atoms with van der Waals surface area (Å²) in [5.41, 5.74) is 0. The highest BCUT2D eigenvalue weighted by atomic mass is 32.1. The summed E-state index contributed by atoms with van der Waals surface area (Å²) in [6, 6.07) is 4.67. The molecule has 0 bridgehead atoms. The van der Waals surface area contributed by atoms with Gasteiger partial charge in [0.2, 0.25) is 5.89 Å². The van der Waals surface area contributed by atoms with Crippen LogP contribution in [0.3, 0.4) is 0 Å². The number of rotatable bonds is 6. The van der Waals surface area contributed by atoms with Gasteiger partial charge in [0, 0.05) is 23.9 Å². The lowest BCUT2D eigenvalue weighted by Gasteiger charge is -2.20. The van der Waals surface area contributed by atoms with Crippen molar-refractivity contribution >= 4 is 11.3 Å². The minimum absolute atomic E-state index is 0.401. The molecule has 2 heterocycles. The van der Waals surface area contributed by atoms with Crippen LogP contribution in [0, 0.1) is 5.92 Å². The van der Waals surface area contributed by atoms with Crippen molar-refractivity contribution < 1.29 is 4.52 Å². The summed E-state index contributed by atoms with van der Waals surface area (Å²) in [6.45, 7) is 5.30. The Morgan fingerprint density at radius 1 is 1.47 bits per heavy atom. The second-order valence-corrected chi connectivity index (χ2v) is 5.26. The predicted molar refractivity (Wildman–Crippen MR) is 67.9 cm³/mol.